The number of hydrogen-bond donors (Lipinski definition) is 2. The second-order valence-electron chi connectivity index (χ2n) is 3.78. The van der Waals surface area contributed by atoms with Gasteiger partial charge in [0.1, 0.15) is 0 Å². The Bertz CT molecular complexity index is 278. The second-order valence-corrected chi connectivity index (χ2v) is 3.78. The highest BCUT2D eigenvalue weighted by Gasteiger charge is 2.38. The molecule has 0 heterocycles. The minimum atomic E-state index is -1.31. The fourth-order valence-corrected chi connectivity index (χ4v) is 1.36. The van der Waals surface area contributed by atoms with Crippen molar-refractivity contribution in [3.8, 4) is 0 Å². The Kier molecular flexibility index (Phi) is 4.69. The molecule has 0 aromatic rings. The third-order valence-corrected chi connectivity index (χ3v) is 2.06. The summed E-state index contributed by atoms with van der Waals surface area (Å²) in [5.74, 6) is 0. The zero-order valence-corrected chi connectivity index (χ0v) is 8.97. The van der Waals surface area contributed by atoms with Crippen LogP contribution < -0.4 is 0 Å². The number of nitrogens with zero attached hydrogens (tertiary/aromatic N) is 3. The molecule has 15 heavy (non-hydrogen) atoms. The highest BCUT2D eigenvalue weighted by molar-refractivity contribution is 5.85. The first kappa shape index (κ1) is 13.3. The van der Waals surface area contributed by atoms with E-state index in [0.29, 0.717) is 0 Å². The maximum atomic E-state index is 10.9. The molecule has 0 bridgehead atoms. The van der Waals surface area contributed by atoms with Gasteiger partial charge in [0.05, 0.1) is 24.3 Å². The average Bonchev–Trinajstić information content (AvgIpc) is 2.16. The molecule has 7 heteroatoms. The number of rotatable bonds is 5. The van der Waals surface area contributed by atoms with Gasteiger partial charge in [-0.25, -0.2) is 0 Å². The van der Waals surface area contributed by atoms with E-state index in [2.05, 4.69) is 10.3 Å². The smallest absolute Gasteiger partial charge is 0.230 e. The molecule has 0 amide bonds. The lowest BCUT2D eigenvalue weighted by Gasteiger charge is -2.19. The van der Waals surface area contributed by atoms with E-state index in [1.54, 1.807) is 0 Å². The highest BCUT2D eigenvalue weighted by Crippen LogP contribution is 2.20. The summed E-state index contributed by atoms with van der Waals surface area (Å²) >= 11 is 0. The van der Waals surface area contributed by atoms with Crippen LogP contribution in [0.4, 0.5) is 0 Å². The maximum absolute atomic E-state index is 10.9. The molecule has 0 aliphatic carbocycles. The molecular formula is C8H15N3O4. The van der Waals surface area contributed by atoms with Crippen LogP contribution in [0.25, 0.3) is 0 Å². The predicted octanol–water partition coefficient (Wildman–Crippen LogP) is 1.50. The Morgan fingerprint density at radius 3 is 1.80 bits per heavy atom. The van der Waals surface area contributed by atoms with Crippen LogP contribution in [0.1, 0.15) is 33.6 Å². The van der Waals surface area contributed by atoms with Gasteiger partial charge in [-0.3, -0.25) is 10.1 Å². The SMILES string of the molecule is C/C(CC(C)(C/C(C)=N/O)[N+](=O)[O-])=N\O. The molecule has 0 aliphatic rings. The van der Waals surface area contributed by atoms with Crippen LogP contribution in [0, 0.1) is 10.1 Å². The van der Waals surface area contributed by atoms with E-state index in [1.807, 2.05) is 0 Å². The minimum Gasteiger partial charge on any atom is -0.411 e. The molecule has 0 atom stereocenters. The summed E-state index contributed by atoms with van der Waals surface area (Å²) in [7, 11) is 0. The van der Waals surface area contributed by atoms with Crippen molar-refractivity contribution in [3.63, 3.8) is 0 Å². The summed E-state index contributed by atoms with van der Waals surface area (Å²) in [6.45, 7) is 4.40. The summed E-state index contributed by atoms with van der Waals surface area (Å²) in [6.07, 6.45) is 0.00667. The minimum absolute atomic E-state index is 0.00333. The van der Waals surface area contributed by atoms with Gasteiger partial charge in [0.15, 0.2) is 0 Å². The van der Waals surface area contributed by atoms with Crippen molar-refractivity contribution < 1.29 is 15.3 Å². The van der Waals surface area contributed by atoms with Crippen molar-refractivity contribution in [1.82, 2.24) is 0 Å². The standard InChI is InChI=1S/C8H15N3O4/c1-6(9-12)4-8(3,11(14)15)5-7(2)10-13/h12-13H,4-5H2,1-3H3/b9-6+,10-7+. The molecule has 0 aromatic carbocycles. The van der Waals surface area contributed by atoms with Gasteiger partial charge in [-0.15, -0.1) is 0 Å². The molecule has 0 rings (SSSR count). The van der Waals surface area contributed by atoms with Crippen molar-refractivity contribution in [2.75, 3.05) is 0 Å². The maximum Gasteiger partial charge on any atom is 0.230 e. The summed E-state index contributed by atoms with van der Waals surface area (Å²) in [5, 5.41) is 33.6. The normalized spacial score (nSPS) is 17.3. The molecule has 7 nitrogen and oxygen atoms in total. The van der Waals surface area contributed by atoms with Gasteiger partial charge >= 0.3 is 0 Å². The molecule has 0 aliphatic heterocycles. The fourth-order valence-electron chi connectivity index (χ4n) is 1.36. The van der Waals surface area contributed by atoms with Crippen LogP contribution in [0.5, 0.6) is 0 Å². The third kappa shape index (κ3) is 3.92. The van der Waals surface area contributed by atoms with E-state index in [0.717, 1.165) is 0 Å². The van der Waals surface area contributed by atoms with Gasteiger partial charge in [-0.05, 0) is 13.8 Å². The summed E-state index contributed by atoms with van der Waals surface area (Å²) in [4.78, 5) is 10.4. The molecule has 0 aromatic heterocycles. The molecule has 86 valence electrons. The van der Waals surface area contributed by atoms with Crippen LogP contribution in [-0.4, -0.2) is 32.3 Å². The van der Waals surface area contributed by atoms with Crippen LogP contribution in [0.3, 0.4) is 0 Å². The first-order valence-electron chi connectivity index (χ1n) is 4.35. The zero-order chi connectivity index (χ0) is 12.1. The van der Waals surface area contributed by atoms with Crippen molar-refractivity contribution in [3.05, 3.63) is 10.1 Å². The molecule has 0 saturated carbocycles. The molecule has 0 unspecified atom stereocenters. The van der Waals surface area contributed by atoms with Gasteiger partial charge in [-0.1, -0.05) is 10.3 Å². The number of oxime groups is 2. The summed E-state index contributed by atoms with van der Waals surface area (Å²) in [6, 6.07) is 0. The molecule has 0 spiro atoms. The van der Waals surface area contributed by atoms with E-state index in [1.165, 1.54) is 20.8 Å². The predicted molar refractivity (Wildman–Crippen MR) is 54.4 cm³/mol. The van der Waals surface area contributed by atoms with Gasteiger partial charge in [0.25, 0.3) is 0 Å². The van der Waals surface area contributed by atoms with Crippen molar-refractivity contribution in [1.29, 1.82) is 0 Å². The van der Waals surface area contributed by atoms with Crippen molar-refractivity contribution >= 4 is 11.4 Å². The average molecular weight is 217 g/mol. The Hall–Kier alpha value is -1.66. The summed E-state index contributed by atoms with van der Waals surface area (Å²) < 4.78 is 0. The van der Waals surface area contributed by atoms with E-state index in [4.69, 9.17) is 10.4 Å². The Labute approximate surface area is 87.2 Å². The Morgan fingerprint density at radius 1 is 1.27 bits per heavy atom. The van der Waals surface area contributed by atoms with Crippen LogP contribution in [-0.2, 0) is 0 Å². The van der Waals surface area contributed by atoms with Gasteiger partial charge in [0.2, 0.25) is 5.54 Å². The van der Waals surface area contributed by atoms with Crippen molar-refractivity contribution in [2.24, 2.45) is 10.3 Å². The van der Waals surface area contributed by atoms with Gasteiger partial charge in [0, 0.05) is 11.8 Å². The Morgan fingerprint density at radius 2 is 1.60 bits per heavy atom. The van der Waals surface area contributed by atoms with Crippen LogP contribution >= 0.6 is 0 Å². The molecule has 2 N–H and O–H groups in total. The van der Waals surface area contributed by atoms with E-state index < -0.39 is 10.5 Å². The molecular weight excluding hydrogens is 202 g/mol. The monoisotopic (exact) mass is 217 g/mol. The van der Waals surface area contributed by atoms with Crippen molar-refractivity contribution in [2.45, 2.75) is 39.2 Å². The quantitative estimate of drug-likeness (QED) is 0.315. The first-order chi connectivity index (χ1) is 6.85. The van der Waals surface area contributed by atoms with Gasteiger partial charge < -0.3 is 10.4 Å². The molecule has 0 saturated heterocycles. The lowest BCUT2D eigenvalue weighted by Crippen LogP contribution is -2.38. The highest BCUT2D eigenvalue weighted by atomic mass is 16.6. The third-order valence-electron chi connectivity index (χ3n) is 2.06. The van der Waals surface area contributed by atoms with Crippen LogP contribution in [0.2, 0.25) is 0 Å². The Balaban J connectivity index is 4.83. The van der Waals surface area contributed by atoms with Gasteiger partial charge in [-0.2, -0.15) is 0 Å². The van der Waals surface area contributed by atoms with E-state index >= 15 is 0 Å². The zero-order valence-electron chi connectivity index (χ0n) is 8.97. The molecule has 0 fully saturated rings. The first-order valence-corrected chi connectivity index (χ1v) is 4.35. The van der Waals surface area contributed by atoms with E-state index in [9.17, 15) is 10.1 Å². The molecule has 0 radical (unpaired) electrons. The second kappa shape index (κ2) is 5.28. The summed E-state index contributed by atoms with van der Waals surface area (Å²) in [5.41, 5.74) is -0.785. The largest absolute Gasteiger partial charge is 0.411 e. The lowest BCUT2D eigenvalue weighted by molar-refractivity contribution is -0.561. The van der Waals surface area contributed by atoms with Crippen LogP contribution in [0.15, 0.2) is 10.3 Å². The number of hydrogen-bond acceptors (Lipinski definition) is 6. The lowest BCUT2D eigenvalue weighted by atomic mass is 9.90. The van der Waals surface area contributed by atoms with E-state index in [-0.39, 0.29) is 24.3 Å². The topological polar surface area (TPSA) is 108 Å². The fraction of sp³-hybridized carbons (Fsp3) is 0.750. The number of nitro groups is 1.